The predicted molar refractivity (Wildman–Crippen MR) is 62.3 cm³/mol. The summed E-state index contributed by atoms with van der Waals surface area (Å²) in [5.74, 6) is 0. The molecule has 2 rings (SSSR count). The zero-order chi connectivity index (χ0) is 8.49. The summed E-state index contributed by atoms with van der Waals surface area (Å²) in [6, 6.07) is 25.0. The van der Waals surface area contributed by atoms with Crippen molar-refractivity contribution in [3.8, 4) is 0 Å². The second-order valence-electron chi connectivity index (χ2n) is 2.15. The number of nitrogens with two attached hydrogens (primary N) is 1. The van der Waals surface area contributed by atoms with Crippen molar-refractivity contribution in [1.82, 2.24) is 0 Å². The van der Waals surface area contributed by atoms with E-state index in [0.29, 0.717) is 0 Å². The van der Waals surface area contributed by atoms with E-state index in [9.17, 15) is 0 Å². The van der Waals surface area contributed by atoms with Crippen LogP contribution < -0.4 is 0 Å². The molecule has 0 saturated heterocycles. The summed E-state index contributed by atoms with van der Waals surface area (Å²) in [7, 11) is 0. The van der Waals surface area contributed by atoms with Crippen molar-refractivity contribution in [2.24, 2.45) is 0 Å². The molecule has 2 aromatic rings. The van der Waals surface area contributed by atoms with E-state index >= 15 is 0 Å². The molecule has 0 bridgehead atoms. The summed E-state index contributed by atoms with van der Waals surface area (Å²) in [5.41, 5.74) is 0. The molecule has 1 nitrogen and oxygen atoms in total. The summed E-state index contributed by atoms with van der Waals surface area (Å²) in [6.45, 7) is 0. The molecule has 83 valence electrons. The largest absolute Gasteiger partial charge is 0.693 e. The molecule has 0 saturated carbocycles. The molecule has 0 amide bonds. The SMILES string of the molecule is [CH3-].[Mn].[NH2-].[c-]1ccccc1.[c-]1ccccc1. The van der Waals surface area contributed by atoms with Gasteiger partial charge in [0.25, 0.3) is 0 Å². The summed E-state index contributed by atoms with van der Waals surface area (Å²) in [6.07, 6.45) is 0. The molecular formula is C13H15MnN-4. The summed E-state index contributed by atoms with van der Waals surface area (Å²) in [4.78, 5) is 0. The Morgan fingerprint density at radius 2 is 0.800 bits per heavy atom. The molecule has 15 heavy (non-hydrogen) atoms. The first-order valence-corrected chi connectivity index (χ1v) is 3.82. The van der Waals surface area contributed by atoms with Crippen LogP contribution in [0.5, 0.6) is 0 Å². The molecule has 1 radical (unpaired) electrons. The molecule has 0 aliphatic carbocycles. The van der Waals surface area contributed by atoms with Crippen LogP contribution in [0.15, 0.2) is 60.7 Å². The van der Waals surface area contributed by atoms with Gasteiger partial charge in [0.05, 0.1) is 0 Å². The third-order valence-corrected chi connectivity index (χ3v) is 1.21. The van der Waals surface area contributed by atoms with Gasteiger partial charge in [-0.3, -0.25) is 0 Å². The molecule has 2 N–H and O–H groups in total. The molecular weight excluding hydrogens is 225 g/mol. The van der Waals surface area contributed by atoms with E-state index in [1.807, 2.05) is 60.7 Å². The van der Waals surface area contributed by atoms with Crippen LogP contribution in [0.2, 0.25) is 0 Å². The van der Waals surface area contributed by atoms with Gasteiger partial charge < -0.3 is 13.6 Å². The van der Waals surface area contributed by atoms with Crippen LogP contribution >= 0.6 is 0 Å². The van der Waals surface area contributed by atoms with Crippen LogP contribution in [0.4, 0.5) is 0 Å². The minimum absolute atomic E-state index is 0. The molecule has 0 aliphatic rings. The Morgan fingerprint density at radius 1 is 0.533 bits per heavy atom. The molecule has 0 heterocycles. The maximum absolute atomic E-state index is 2.89. The third kappa shape index (κ3) is 12.9. The molecule has 2 heteroatoms. The van der Waals surface area contributed by atoms with Crippen molar-refractivity contribution in [3.05, 3.63) is 86.4 Å². The van der Waals surface area contributed by atoms with Crippen molar-refractivity contribution < 1.29 is 17.1 Å². The van der Waals surface area contributed by atoms with E-state index in [2.05, 4.69) is 12.1 Å². The quantitative estimate of drug-likeness (QED) is 0.490. The summed E-state index contributed by atoms with van der Waals surface area (Å²) in [5, 5.41) is 0. The predicted octanol–water partition coefficient (Wildman–Crippen LogP) is 4.14. The Balaban J connectivity index is -0.000000160. The fraction of sp³-hybridized carbons (Fsp3) is 0. The Morgan fingerprint density at radius 3 is 0.867 bits per heavy atom. The zero-order valence-corrected chi connectivity index (χ0v) is 9.91. The first kappa shape index (κ1) is 19.5. The molecule has 0 atom stereocenters. The second kappa shape index (κ2) is 15.4. The second-order valence-corrected chi connectivity index (χ2v) is 2.15. The van der Waals surface area contributed by atoms with Gasteiger partial charge in [0, 0.05) is 17.1 Å². The van der Waals surface area contributed by atoms with Crippen LogP contribution in [-0.4, -0.2) is 0 Å². The van der Waals surface area contributed by atoms with Crippen molar-refractivity contribution >= 4 is 0 Å². The molecule has 0 fully saturated rings. The molecule has 0 aliphatic heterocycles. The average Bonchev–Trinajstić information content (AvgIpc) is 2.24. The standard InChI is InChI=1S/2C6H5.CH3.Mn.H2N/c2*1-2-4-6-5-3-1;;;/h2*1-5H;1H3;;1H2/q3*-1;;-1. The Hall–Kier alpha value is -1.08. The van der Waals surface area contributed by atoms with Gasteiger partial charge >= 0.3 is 0 Å². The minimum atomic E-state index is 0. The fourth-order valence-electron chi connectivity index (χ4n) is 0.684. The van der Waals surface area contributed by atoms with E-state index in [-0.39, 0.29) is 30.6 Å². The molecule has 2 aromatic carbocycles. The van der Waals surface area contributed by atoms with E-state index < -0.39 is 0 Å². The molecule has 0 aromatic heterocycles. The van der Waals surface area contributed by atoms with Gasteiger partial charge in [-0.2, -0.15) is 72.8 Å². The zero-order valence-electron chi connectivity index (χ0n) is 8.73. The monoisotopic (exact) mass is 240 g/mol. The summed E-state index contributed by atoms with van der Waals surface area (Å²) >= 11 is 0. The fourth-order valence-corrected chi connectivity index (χ4v) is 0.684. The Kier molecular flexibility index (Phi) is 20.0. The average molecular weight is 240 g/mol. The van der Waals surface area contributed by atoms with Crippen LogP contribution in [0.25, 0.3) is 6.15 Å². The topological polar surface area (TPSA) is 33.5 Å². The first-order chi connectivity index (χ1) is 6.00. The number of rotatable bonds is 0. The first-order valence-electron chi connectivity index (χ1n) is 3.82. The van der Waals surface area contributed by atoms with Gasteiger partial charge in [-0.25, -0.2) is 0 Å². The third-order valence-electron chi connectivity index (χ3n) is 1.21. The van der Waals surface area contributed by atoms with Gasteiger partial charge in [-0.1, -0.05) is 0 Å². The van der Waals surface area contributed by atoms with Crippen molar-refractivity contribution in [1.29, 1.82) is 0 Å². The van der Waals surface area contributed by atoms with Gasteiger partial charge in [0.2, 0.25) is 0 Å². The van der Waals surface area contributed by atoms with Gasteiger partial charge in [-0.15, -0.1) is 0 Å². The van der Waals surface area contributed by atoms with Crippen LogP contribution in [-0.2, 0) is 17.1 Å². The van der Waals surface area contributed by atoms with E-state index in [1.54, 1.807) is 0 Å². The minimum Gasteiger partial charge on any atom is -0.693 e. The Bertz CT molecular complexity index is 186. The normalized spacial score (nSPS) is 6.40. The van der Waals surface area contributed by atoms with Crippen molar-refractivity contribution in [2.45, 2.75) is 0 Å². The number of benzene rings is 2. The van der Waals surface area contributed by atoms with Crippen molar-refractivity contribution in [2.75, 3.05) is 0 Å². The van der Waals surface area contributed by atoms with Gasteiger partial charge in [0.1, 0.15) is 0 Å². The van der Waals surface area contributed by atoms with Gasteiger partial charge in [-0.05, 0) is 0 Å². The molecule has 0 unspecified atom stereocenters. The van der Waals surface area contributed by atoms with E-state index in [1.165, 1.54) is 0 Å². The van der Waals surface area contributed by atoms with E-state index in [4.69, 9.17) is 0 Å². The van der Waals surface area contributed by atoms with Gasteiger partial charge in [0.15, 0.2) is 0 Å². The van der Waals surface area contributed by atoms with Crippen LogP contribution in [0.1, 0.15) is 0 Å². The summed E-state index contributed by atoms with van der Waals surface area (Å²) < 4.78 is 0. The maximum atomic E-state index is 2.89. The number of hydrogen-bond donors (Lipinski definition) is 0. The Labute approximate surface area is 104 Å². The number of hydrogen-bond acceptors (Lipinski definition) is 0. The van der Waals surface area contributed by atoms with Crippen LogP contribution in [0.3, 0.4) is 0 Å². The maximum Gasteiger partial charge on any atom is 0 e. The smallest absolute Gasteiger partial charge is 0 e. The van der Waals surface area contributed by atoms with Crippen LogP contribution in [0, 0.1) is 19.6 Å². The van der Waals surface area contributed by atoms with Crippen molar-refractivity contribution in [3.63, 3.8) is 0 Å². The van der Waals surface area contributed by atoms with E-state index in [0.717, 1.165) is 0 Å². The molecule has 0 spiro atoms.